The van der Waals surface area contributed by atoms with E-state index in [9.17, 15) is 27.9 Å². The monoisotopic (exact) mass is 540 g/mol. The van der Waals surface area contributed by atoms with E-state index in [4.69, 9.17) is 23.2 Å². The van der Waals surface area contributed by atoms with E-state index in [0.29, 0.717) is 10.6 Å². The fraction of sp³-hybridized carbons (Fsp3) is 0.227. The van der Waals surface area contributed by atoms with Crippen molar-refractivity contribution < 1.29 is 23.1 Å². The van der Waals surface area contributed by atoms with E-state index in [2.05, 4.69) is 15.4 Å². The third kappa shape index (κ3) is 5.60. The lowest BCUT2D eigenvalue weighted by atomic mass is 10.1. The van der Waals surface area contributed by atoms with Crippen molar-refractivity contribution in [1.29, 1.82) is 0 Å². The quantitative estimate of drug-likeness (QED) is 0.357. The molecule has 0 saturated carbocycles. The zero-order chi connectivity index (χ0) is 26.0. The zero-order valence-corrected chi connectivity index (χ0v) is 19.7. The minimum Gasteiger partial charge on any atom is -0.479 e. The minimum absolute atomic E-state index is 0.0211. The van der Waals surface area contributed by atoms with Crippen LogP contribution >= 0.6 is 23.2 Å². The molecule has 188 valence electrons. The van der Waals surface area contributed by atoms with Crippen molar-refractivity contribution in [1.82, 2.24) is 29.3 Å². The molecule has 36 heavy (non-hydrogen) atoms. The number of benzene rings is 2. The molecular weight excluding hydrogens is 524 g/mol. The second-order valence-electron chi connectivity index (χ2n) is 7.74. The molecule has 0 radical (unpaired) electrons. The molecule has 4 rings (SSSR count). The van der Waals surface area contributed by atoms with Crippen molar-refractivity contribution in [2.24, 2.45) is 0 Å². The fourth-order valence-electron chi connectivity index (χ4n) is 3.55. The molecule has 0 aliphatic heterocycles. The molecule has 4 aromatic rings. The number of carbonyl (C=O) groups is 1. The van der Waals surface area contributed by atoms with Gasteiger partial charge in [0.1, 0.15) is 5.69 Å². The number of carboxylic acids is 1. The second kappa shape index (κ2) is 10.2. The van der Waals surface area contributed by atoms with Gasteiger partial charge in [-0.15, -0.1) is 10.2 Å². The highest BCUT2D eigenvalue weighted by Gasteiger charge is 2.29. The molecule has 1 N–H and O–H groups in total. The van der Waals surface area contributed by atoms with Crippen LogP contribution in [0.5, 0.6) is 0 Å². The third-order valence-electron chi connectivity index (χ3n) is 5.21. The summed E-state index contributed by atoms with van der Waals surface area (Å²) in [6, 6.07) is 11.2. The van der Waals surface area contributed by atoms with Crippen LogP contribution in [-0.4, -0.2) is 46.6 Å². The topological polar surface area (TPSA) is 108 Å². The summed E-state index contributed by atoms with van der Waals surface area (Å²) in [5.74, 6) is -1.22. The Morgan fingerprint density at radius 3 is 2.42 bits per heavy atom. The summed E-state index contributed by atoms with van der Waals surface area (Å²) < 4.78 is 41.6. The van der Waals surface area contributed by atoms with E-state index in [-0.39, 0.29) is 28.6 Å². The summed E-state index contributed by atoms with van der Waals surface area (Å²) in [5, 5.41) is 22.4. The van der Waals surface area contributed by atoms with Gasteiger partial charge in [-0.1, -0.05) is 46.6 Å². The Kier molecular flexibility index (Phi) is 7.18. The van der Waals surface area contributed by atoms with Crippen molar-refractivity contribution in [3.63, 3.8) is 0 Å². The molecule has 2 aromatic heterocycles. The third-order valence-corrected chi connectivity index (χ3v) is 5.81. The van der Waals surface area contributed by atoms with Gasteiger partial charge in [-0.3, -0.25) is 4.57 Å². The number of nitrogens with zero attached hydrogens (tertiary/aromatic N) is 6. The number of aromatic nitrogens is 6. The summed E-state index contributed by atoms with van der Waals surface area (Å²) in [4.78, 5) is 24.9. The maximum atomic E-state index is 13.0. The Hall–Kier alpha value is -3.64. The van der Waals surface area contributed by atoms with E-state index in [1.807, 2.05) is 0 Å². The molecule has 14 heteroatoms. The second-order valence-corrected chi connectivity index (χ2v) is 8.58. The van der Waals surface area contributed by atoms with Crippen molar-refractivity contribution >= 4 is 29.2 Å². The summed E-state index contributed by atoms with van der Waals surface area (Å²) in [5.41, 5.74) is 0.0469. The maximum absolute atomic E-state index is 13.0. The number of hydrogen-bond acceptors (Lipinski definition) is 5. The van der Waals surface area contributed by atoms with Crippen molar-refractivity contribution in [3.8, 4) is 11.4 Å². The highest BCUT2D eigenvalue weighted by molar-refractivity contribution is 6.31. The van der Waals surface area contributed by atoms with E-state index >= 15 is 0 Å². The predicted molar refractivity (Wildman–Crippen MR) is 124 cm³/mol. The number of rotatable bonds is 8. The Morgan fingerprint density at radius 2 is 1.78 bits per heavy atom. The highest BCUT2D eigenvalue weighted by Crippen LogP contribution is 2.26. The van der Waals surface area contributed by atoms with Crippen LogP contribution in [0, 0.1) is 0 Å². The predicted octanol–water partition coefficient (Wildman–Crippen LogP) is 4.28. The highest BCUT2D eigenvalue weighted by atomic mass is 35.5. The van der Waals surface area contributed by atoms with Gasteiger partial charge in [0.05, 0.1) is 19.2 Å². The van der Waals surface area contributed by atoms with Gasteiger partial charge < -0.3 is 5.11 Å². The van der Waals surface area contributed by atoms with Crippen LogP contribution in [0.1, 0.15) is 23.7 Å². The molecule has 2 heterocycles. The molecule has 0 fully saturated rings. The molecule has 0 aliphatic carbocycles. The van der Waals surface area contributed by atoms with Crippen LogP contribution in [0.25, 0.3) is 11.4 Å². The summed E-state index contributed by atoms with van der Waals surface area (Å²) in [7, 11) is 0. The van der Waals surface area contributed by atoms with Gasteiger partial charge in [0.25, 0.3) is 0 Å². The Labute approximate surface area is 211 Å². The van der Waals surface area contributed by atoms with Crippen LogP contribution in [-0.2, 0) is 17.9 Å². The number of hydrogen-bond donors (Lipinski definition) is 1. The van der Waals surface area contributed by atoms with Gasteiger partial charge in [-0.2, -0.15) is 13.2 Å². The first-order valence-corrected chi connectivity index (χ1v) is 11.2. The van der Waals surface area contributed by atoms with Crippen LogP contribution in [0.2, 0.25) is 10.0 Å². The zero-order valence-electron chi connectivity index (χ0n) is 18.2. The normalized spacial score (nSPS) is 12.6. The largest absolute Gasteiger partial charge is 0.479 e. The number of alkyl halides is 3. The minimum atomic E-state index is -4.48. The van der Waals surface area contributed by atoms with Crippen molar-refractivity contribution in [2.75, 3.05) is 0 Å². The molecule has 1 unspecified atom stereocenters. The molecule has 1 atom stereocenters. The summed E-state index contributed by atoms with van der Waals surface area (Å²) in [6.07, 6.45) is -4.40. The van der Waals surface area contributed by atoms with Gasteiger partial charge in [-0.25, -0.2) is 19.0 Å². The van der Waals surface area contributed by atoms with Gasteiger partial charge in [0.15, 0.2) is 11.9 Å². The van der Waals surface area contributed by atoms with Gasteiger partial charge in [0.2, 0.25) is 0 Å². The summed E-state index contributed by atoms with van der Waals surface area (Å²) >= 11 is 12.0. The van der Waals surface area contributed by atoms with Gasteiger partial charge in [-0.05, 0) is 30.3 Å². The first kappa shape index (κ1) is 25.5. The van der Waals surface area contributed by atoms with E-state index in [0.717, 1.165) is 13.9 Å². The van der Waals surface area contributed by atoms with E-state index in [1.165, 1.54) is 42.6 Å². The molecule has 0 spiro atoms. The van der Waals surface area contributed by atoms with Crippen LogP contribution in [0.3, 0.4) is 0 Å². The Morgan fingerprint density at radius 1 is 1.08 bits per heavy atom. The standard InChI is InChI=1S/C22H17Cl2F3N6O3/c23-14-7-5-13(6-8-14)19-29-33(21(36)31(19)10-9-22(25,26)27)12-15-11-32(30-28-15)18(20(34)35)16-3-1-2-4-17(16)24/h1-8,11,18H,9-10,12H2,(H,34,35). The smallest absolute Gasteiger partial charge is 0.390 e. The Bertz CT molecular complexity index is 1450. The molecule has 0 aliphatic rings. The lowest BCUT2D eigenvalue weighted by Crippen LogP contribution is -2.27. The lowest BCUT2D eigenvalue weighted by molar-refractivity contribution is -0.140. The molecular formula is C22H17Cl2F3N6O3. The van der Waals surface area contributed by atoms with Gasteiger partial charge in [0, 0.05) is 27.7 Å². The lowest BCUT2D eigenvalue weighted by Gasteiger charge is -2.13. The number of carboxylic acid groups (broad SMARTS) is 1. The maximum Gasteiger partial charge on any atom is 0.390 e. The first-order chi connectivity index (χ1) is 17.0. The van der Waals surface area contributed by atoms with Crippen LogP contribution < -0.4 is 5.69 Å². The molecule has 0 bridgehead atoms. The van der Waals surface area contributed by atoms with Crippen LogP contribution in [0.15, 0.2) is 59.5 Å². The fourth-order valence-corrected chi connectivity index (χ4v) is 3.91. The number of aliphatic carboxylic acids is 1. The van der Waals surface area contributed by atoms with Crippen molar-refractivity contribution in [3.05, 3.63) is 86.5 Å². The first-order valence-electron chi connectivity index (χ1n) is 10.4. The SMILES string of the molecule is O=C(O)C(c1ccccc1Cl)n1cc(Cn2nc(-c3ccc(Cl)cc3)n(CCC(F)(F)F)c2=O)nn1. The van der Waals surface area contributed by atoms with E-state index in [1.54, 1.807) is 12.1 Å². The van der Waals surface area contributed by atoms with E-state index < -0.39 is 36.8 Å². The molecule has 2 aromatic carbocycles. The van der Waals surface area contributed by atoms with Crippen LogP contribution in [0.4, 0.5) is 13.2 Å². The summed E-state index contributed by atoms with van der Waals surface area (Å²) in [6.45, 7) is -0.895. The van der Waals surface area contributed by atoms with Crippen molar-refractivity contribution in [2.45, 2.75) is 31.7 Å². The molecule has 0 saturated heterocycles. The molecule has 0 amide bonds. The molecule has 9 nitrogen and oxygen atoms in total. The average Bonchev–Trinajstić information content (AvgIpc) is 3.38. The number of halogens is 5. The Balaban J connectivity index is 1.68. The average molecular weight is 541 g/mol. The van der Waals surface area contributed by atoms with Gasteiger partial charge >= 0.3 is 17.8 Å².